The number of hydrogen-bond acceptors (Lipinski definition) is 18. The minimum Gasteiger partial charge on any atom is -0.497 e. The number of carboxylic acid groups (broad SMARTS) is 1. The van der Waals surface area contributed by atoms with Gasteiger partial charge in [-0.05, 0) is 82.1 Å². The van der Waals surface area contributed by atoms with Crippen molar-refractivity contribution in [3.8, 4) is 23.0 Å². The number of likely N-dealkylation sites (tertiary alicyclic amines) is 1. The molecule has 3 aromatic carbocycles. The first-order valence-corrected chi connectivity index (χ1v) is 24.2. The van der Waals surface area contributed by atoms with Crippen LogP contribution in [0.25, 0.3) is 0 Å². The van der Waals surface area contributed by atoms with Crippen molar-refractivity contribution in [3.05, 3.63) is 93.5 Å². The molecule has 3 aliphatic rings. The maximum atomic E-state index is 13.8. The van der Waals surface area contributed by atoms with E-state index in [2.05, 4.69) is 15.5 Å². The topological polar surface area (TPSA) is 248 Å². The van der Waals surface area contributed by atoms with E-state index in [0.717, 1.165) is 46.0 Å². The number of aliphatic carboxylic acids is 1. The lowest BCUT2D eigenvalue weighted by atomic mass is 10.1. The molecule has 69 heavy (non-hydrogen) atoms. The number of amides is 3. The summed E-state index contributed by atoms with van der Waals surface area (Å²) in [6, 6.07) is 16.1. The Morgan fingerprint density at radius 3 is 2.10 bits per heavy atom. The van der Waals surface area contributed by atoms with Crippen LogP contribution in [0.4, 0.5) is 5.13 Å². The molecule has 1 aromatic heterocycles. The number of halogens is 1. The largest absolute Gasteiger partial charge is 0.497 e. The number of thioether (sulfide) groups is 2. The third-order valence-corrected chi connectivity index (χ3v) is 15.2. The first kappa shape index (κ1) is 50.6. The molecule has 3 saturated heterocycles. The Hall–Kier alpha value is -6.23. The zero-order valence-corrected chi connectivity index (χ0v) is 41.6. The van der Waals surface area contributed by atoms with Crippen molar-refractivity contribution in [1.29, 1.82) is 0 Å². The smallest absolute Gasteiger partial charge is 0.353 e. The number of β-lactam (4-membered cyclic amide) rings is 1. The summed E-state index contributed by atoms with van der Waals surface area (Å²) in [4.78, 5) is 92.8. The van der Waals surface area contributed by atoms with Crippen LogP contribution < -0.4 is 30.0 Å². The zero-order valence-electron chi connectivity index (χ0n) is 38.4. The molecular formula is C46H49ClN6O13S3. The molecule has 0 aliphatic carbocycles. The van der Waals surface area contributed by atoms with E-state index in [1.165, 1.54) is 41.2 Å². The summed E-state index contributed by atoms with van der Waals surface area (Å²) < 4.78 is 26.6. The van der Waals surface area contributed by atoms with Gasteiger partial charge in [-0.2, -0.15) is 0 Å². The van der Waals surface area contributed by atoms with E-state index in [9.17, 15) is 33.9 Å². The molecule has 3 amide bonds. The molecule has 3 fully saturated rings. The first-order valence-electron chi connectivity index (χ1n) is 21.2. The number of nitrogens with one attached hydrogen (secondary N) is 1. The highest BCUT2D eigenvalue weighted by atomic mass is 35.5. The minimum atomic E-state index is -1.64. The molecule has 4 heterocycles. The van der Waals surface area contributed by atoms with E-state index in [4.69, 9.17) is 45.9 Å². The van der Waals surface area contributed by atoms with Crippen molar-refractivity contribution in [1.82, 2.24) is 20.1 Å². The van der Waals surface area contributed by atoms with Crippen LogP contribution in [0.5, 0.6) is 23.0 Å². The molecular weight excluding hydrogens is 976 g/mol. The number of benzene rings is 3. The second-order valence-electron chi connectivity index (χ2n) is 17.4. The number of anilines is 1. The molecule has 0 bridgehead atoms. The summed E-state index contributed by atoms with van der Waals surface area (Å²) >= 11 is 9.90. The van der Waals surface area contributed by atoms with Gasteiger partial charge in [0, 0.05) is 23.7 Å². The second-order valence-corrected chi connectivity index (χ2v) is 21.9. The van der Waals surface area contributed by atoms with Crippen molar-refractivity contribution in [2.24, 2.45) is 5.16 Å². The van der Waals surface area contributed by atoms with Gasteiger partial charge in [0.1, 0.15) is 47.4 Å². The number of carboxylic acids is 1. The van der Waals surface area contributed by atoms with Crippen LogP contribution in [0.3, 0.4) is 0 Å². The molecule has 0 radical (unpaired) electrons. The van der Waals surface area contributed by atoms with E-state index in [1.807, 2.05) is 12.1 Å². The summed E-state index contributed by atoms with van der Waals surface area (Å²) in [5.74, 6) is -3.53. The molecule has 366 valence electrons. The Labute approximate surface area is 414 Å². The lowest BCUT2D eigenvalue weighted by molar-refractivity contribution is -0.179. The SMILES string of the molecule is COc1ccc(COc2ccc(C(=O)C(=O)N3CC(S[C@]4(C(=O)O)CN5C(=O)[C@@H](NC(=O)/C(=N\OC(C)(C)C(=O)OC(C)(C)C)c6csc(N)n6)[C@H]5S4)C3)c(Cl)c2OCc2ccc(OC)cc2)cc1. The first-order chi connectivity index (χ1) is 32.6. The normalized spacial score (nSPS) is 19.1. The number of carbonyl (C=O) groups is 6. The number of aromatic nitrogens is 1. The number of carbonyl (C=O) groups excluding carboxylic acids is 5. The number of nitrogens with two attached hydrogens (primary N) is 1. The number of thiazole rings is 1. The number of esters is 1. The van der Waals surface area contributed by atoms with Crippen LogP contribution in [0.15, 0.2) is 71.2 Å². The van der Waals surface area contributed by atoms with Gasteiger partial charge in [0.25, 0.3) is 17.6 Å². The molecule has 23 heteroatoms. The third-order valence-electron chi connectivity index (χ3n) is 10.8. The average molecular weight is 1030 g/mol. The van der Waals surface area contributed by atoms with Crippen LogP contribution >= 0.6 is 46.5 Å². The van der Waals surface area contributed by atoms with Crippen molar-refractivity contribution in [2.45, 2.75) is 79.8 Å². The van der Waals surface area contributed by atoms with Gasteiger partial charge >= 0.3 is 11.9 Å². The van der Waals surface area contributed by atoms with Crippen LogP contribution in [0.2, 0.25) is 5.02 Å². The summed E-state index contributed by atoms with van der Waals surface area (Å²) in [5, 5.41) is 17.4. The molecule has 4 N–H and O–H groups in total. The molecule has 0 saturated carbocycles. The predicted octanol–water partition coefficient (Wildman–Crippen LogP) is 5.40. The van der Waals surface area contributed by atoms with E-state index < -0.39 is 67.4 Å². The monoisotopic (exact) mass is 1020 g/mol. The van der Waals surface area contributed by atoms with Crippen molar-refractivity contribution in [2.75, 3.05) is 39.6 Å². The van der Waals surface area contributed by atoms with Crippen LogP contribution in [0.1, 0.15) is 61.8 Å². The number of nitrogens with zero attached hydrogens (tertiary/aromatic N) is 4. The lowest BCUT2D eigenvalue weighted by Crippen LogP contribution is -2.68. The van der Waals surface area contributed by atoms with Crippen molar-refractivity contribution < 1.29 is 62.4 Å². The van der Waals surface area contributed by atoms with Gasteiger partial charge in [-0.1, -0.05) is 41.0 Å². The number of methoxy groups -OCH3 is 2. The van der Waals surface area contributed by atoms with Gasteiger partial charge in [0.05, 0.1) is 31.4 Å². The van der Waals surface area contributed by atoms with Crippen LogP contribution in [-0.4, -0.2) is 127 Å². The van der Waals surface area contributed by atoms with Crippen LogP contribution in [-0.2, 0) is 46.8 Å². The van der Waals surface area contributed by atoms with Gasteiger partial charge in [-0.15, -0.1) is 34.9 Å². The minimum absolute atomic E-state index is 0.0169. The van der Waals surface area contributed by atoms with E-state index in [0.29, 0.717) is 11.5 Å². The van der Waals surface area contributed by atoms with E-state index in [1.54, 1.807) is 71.4 Å². The number of nitrogen functional groups attached to an aromatic ring is 1. The highest BCUT2D eigenvalue weighted by Gasteiger charge is 2.64. The second kappa shape index (κ2) is 20.4. The summed E-state index contributed by atoms with van der Waals surface area (Å²) in [6.45, 7) is 7.89. The van der Waals surface area contributed by atoms with Gasteiger partial charge in [0.2, 0.25) is 11.5 Å². The zero-order chi connectivity index (χ0) is 50.0. The number of fused-ring (bicyclic) bond motifs is 1. The summed E-state index contributed by atoms with van der Waals surface area (Å²) in [5.41, 5.74) is 4.47. The van der Waals surface area contributed by atoms with Crippen LogP contribution in [0, 0.1) is 0 Å². The maximum absolute atomic E-state index is 13.8. The molecule has 0 unspecified atom stereocenters. The van der Waals surface area contributed by atoms with Gasteiger partial charge in [-0.25, -0.2) is 14.6 Å². The molecule has 4 aromatic rings. The van der Waals surface area contributed by atoms with Crippen molar-refractivity contribution >= 4 is 92.7 Å². The number of ether oxygens (including phenoxy) is 5. The van der Waals surface area contributed by atoms with Gasteiger partial charge in [-0.3, -0.25) is 19.2 Å². The number of ketones is 1. The fourth-order valence-electron chi connectivity index (χ4n) is 6.98. The predicted molar refractivity (Wildman–Crippen MR) is 258 cm³/mol. The Morgan fingerprint density at radius 2 is 1.55 bits per heavy atom. The Kier molecular flexibility index (Phi) is 15.0. The molecule has 3 aliphatic heterocycles. The number of rotatable bonds is 19. The number of oxime groups is 1. The molecule has 7 rings (SSSR count). The Bertz CT molecular complexity index is 2670. The van der Waals surface area contributed by atoms with Gasteiger partial charge < -0.3 is 54.5 Å². The highest BCUT2D eigenvalue weighted by Crippen LogP contribution is 2.54. The Balaban J connectivity index is 0.998. The average Bonchev–Trinajstić information content (AvgIpc) is 3.89. The fourth-order valence-corrected chi connectivity index (χ4v) is 11.4. The number of Topliss-reactive ketones (excluding diaryl/α,β-unsaturated/α-hetero) is 1. The molecule has 0 spiro atoms. The molecule has 3 atom stereocenters. The lowest BCUT2D eigenvalue weighted by Gasteiger charge is -2.41. The van der Waals surface area contributed by atoms with Crippen molar-refractivity contribution in [3.63, 3.8) is 0 Å². The fraction of sp³-hybridized carbons (Fsp3) is 0.391. The third kappa shape index (κ3) is 11.3. The van der Waals surface area contributed by atoms with Gasteiger partial charge in [0.15, 0.2) is 26.4 Å². The Morgan fingerprint density at radius 1 is 0.942 bits per heavy atom. The molecule has 19 nitrogen and oxygen atoms in total. The van der Waals surface area contributed by atoms with E-state index >= 15 is 0 Å². The standard InChI is InChI=1S/C46H49ClN6O13S3/c1-44(2,3)65-42(60)45(4,5)66-51-33(30-22-67-43(48)49-30)37(55)50-34-38(56)53-23-46(41(58)59,69-40(34)53)68-28-18-52(19-28)39(57)35(54)29-16-17-31(63-20-24-8-12-26(61-6)13-9-24)36(32(29)47)64-21-25-10-14-27(62-7)15-11-25/h8-17,22,28,34,40H,18-21,23H2,1-7H3,(H2,48,49)(H,50,55)(H,58,59)/b51-33-/t34-,40-,46-/m1/s1. The maximum Gasteiger partial charge on any atom is 0.353 e. The summed E-state index contributed by atoms with van der Waals surface area (Å²) in [7, 11) is 3.12. The highest BCUT2D eigenvalue weighted by molar-refractivity contribution is 8.20. The quantitative estimate of drug-likeness (QED) is 0.0266. The summed E-state index contributed by atoms with van der Waals surface area (Å²) in [6.07, 6.45) is 0. The number of hydrogen-bond donors (Lipinski definition) is 3. The van der Waals surface area contributed by atoms with E-state index in [-0.39, 0.29) is 71.5 Å².